The van der Waals surface area contributed by atoms with Crippen molar-refractivity contribution in [3.8, 4) is 5.75 Å². The Balaban J connectivity index is 1.54. The second-order valence-electron chi connectivity index (χ2n) is 7.73. The minimum atomic E-state index is -3.17. The van der Waals surface area contributed by atoms with Gasteiger partial charge < -0.3 is 9.30 Å². The zero-order valence-corrected chi connectivity index (χ0v) is 16.6. The maximum absolute atomic E-state index is 12.7. The molecule has 2 fully saturated rings. The van der Waals surface area contributed by atoms with Crippen LogP contribution in [-0.2, 0) is 17.1 Å². The number of pyridine rings is 1. The summed E-state index contributed by atoms with van der Waals surface area (Å²) < 4.78 is 34.5. The number of rotatable bonds is 5. The largest absolute Gasteiger partial charge is 0.490 e. The third kappa shape index (κ3) is 4.68. The van der Waals surface area contributed by atoms with E-state index < -0.39 is 10.0 Å². The van der Waals surface area contributed by atoms with Crippen LogP contribution in [0.5, 0.6) is 5.75 Å². The molecule has 1 aliphatic carbocycles. The molecule has 2 aliphatic rings. The highest BCUT2D eigenvalue weighted by molar-refractivity contribution is 7.89. The molecular weight excluding hydrogens is 352 g/mol. The molecule has 1 aliphatic heterocycles. The fraction of sp³-hybridized carbons (Fsp3) is 0.737. The number of aromatic nitrogens is 1. The molecule has 2 heterocycles. The van der Waals surface area contributed by atoms with Gasteiger partial charge in [-0.2, -0.15) is 0 Å². The second kappa shape index (κ2) is 8.13. The molecule has 0 amide bonds. The van der Waals surface area contributed by atoms with Crippen LogP contribution < -0.4 is 10.3 Å². The summed E-state index contributed by atoms with van der Waals surface area (Å²) >= 11 is 0. The molecule has 3 rings (SSSR count). The van der Waals surface area contributed by atoms with E-state index in [0.29, 0.717) is 43.4 Å². The van der Waals surface area contributed by atoms with E-state index in [4.69, 9.17) is 4.74 Å². The predicted molar refractivity (Wildman–Crippen MR) is 102 cm³/mol. The first kappa shape index (κ1) is 19.4. The summed E-state index contributed by atoms with van der Waals surface area (Å²) in [7, 11) is -1.44. The first-order valence-electron chi connectivity index (χ1n) is 9.67. The van der Waals surface area contributed by atoms with Crippen LogP contribution in [0.1, 0.15) is 50.6 Å². The summed E-state index contributed by atoms with van der Waals surface area (Å²) in [6.45, 7) is 2.88. The second-order valence-corrected chi connectivity index (χ2v) is 9.74. The monoisotopic (exact) mass is 382 g/mol. The Labute approximate surface area is 156 Å². The average Bonchev–Trinajstić information content (AvgIpc) is 2.60. The van der Waals surface area contributed by atoms with Gasteiger partial charge in [0, 0.05) is 31.9 Å². The molecule has 6 nitrogen and oxygen atoms in total. The summed E-state index contributed by atoms with van der Waals surface area (Å²) in [5.41, 5.74) is 0.757. The smallest absolute Gasteiger partial charge is 0.254 e. The standard InChI is InChI=1S/C19H30N2O4S/c1-15-12-18(13-19(22)20(15)2)25-17-8-10-21(11-9-17)26(23,24)14-16-6-4-3-5-7-16/h12-13,16-17H,3-11,14H2,1-2H3. The van der Waals surface area contributed by atoms with Gasteiger partial charge in [0.25, 0.3) is 5.56 Å². The summed E-state index contributed by atoms with van der Waals surface area (Å²) in [6, 6.07) is 3.35. The molecule has 0 aromatic carbocycles. The molecule has 1 aromatic heterocycles. The molecule has 1 aromatic rings. The van der Waals surface area contributed by atoms with Gasteiger partial charge in [0.2, 0.25) is 10.0 Å². The van der Waals surface area contributed by atoms with Crippen LogP contribution in [0.25, 0.3) is 0 Å². The van der Waals surface area contributed by atoms with Crippen molar-refractivity contribution < 1.29 is 13.2 Å². The van der Waals surface area contributed by atoms with Crippen LogP contribution in [0, 0.1) is 12.8 Å². The minimum Gasteiger partial charge on any atom is -0.490 e. The fourth-order valence-corrected chi connectivity index (χ4v) is 5.89. The van der Waals surface area contributed by atoms with Crippen LogP contribution in [0.15, 0.2) is 16.9 Å². The van der Waals surface area contributed by atoms with Gasteiger partial charge in [0.15, 0.2) is 0 Å². The van der Waals surface area contributed by atoms with Crippen molar-refractivity contribution in [1.29, 1.82) is 0 Å². The lowest BCUT2D eigenvalue weighted by Crippen LogP contribution is -2.43. The fourth-order valence-electron chi connectivity index (χ4n) is 3.98. The van der Waals surface area contributed by atoms with E-state index in [1.807, 2.05) is 13.0 Å². The first-order valence-corrected chi connectivity index (χ1v) is 11.3. The minimum absolute atomic E-state index is 0.0392. The van der Waals surface area contributed by atoms with Gasteiger partial charge in [0.1, 0.15) is 11.9 Å². The van der Waals surface area contributed by atoms with Crippen molar-refractivity contribution in [3.05, 3.63) is 28.2 Å². The molecule has 146 valence electrons. The van der Waals surface area contributed by atoms with Gasteiger partial charge in [-0.3, -0.25) is 4.79 Å². The summed E-state index contributed by atoms with van der Waals surface area (Å²) in [4.78, 5) is 11.9. The highest BCUT2D eigenvalue weighted by Gasteiger charge is 2.31. The number of sulfonamides is 1. The molecule has 1 saturated carbocycles. The van der Waals surface area contributed by atoms with Gasteiger partial charge in [0.05, 0.1) is 5.75 Å². The van der Waals surface area contributed by atoms with Gasteiger partial charge in [-0.05, 0) is 44.6 Å². The van der Waals surface area contributed by atoms with Crippen molar-refractivity contribution in [3.63, 3.8) is 0 Å². The van der Waals surface area contributed by atoms with E-state index in [9.17, 15) is 13.2 Å². The SMILES string of the molecule is Cc1cc(OC2CCN(S(=O)(=O)CC3CCCCC3)CC2)cc(=O)n1C. The summed E-state index contributed by atoms with van der Waals surface area (Å²) in [5, 5.41) is 0. The van der Waals surface area contributed by atoms with Crippen LogP contribution >= 0.6 is 0 Å². The molecule has 26 heavy (non-hydrogen) atoms. The number of nitrogens with zero attached hydrogens (tertiary/aromatic N) is 2. The van der Waals surface area contributed by atoms with Crippen molar-refractivity contribution in [2.24, 2.45) is 13.0 Å². The quantitative estimate of drug-likeness (QED) is 0.784. The highest BCUT2D eigenvalue weighted by Crippen LogP contribution is 2.27. The average molecular weight is 383 g/mol. The lowest BCUT2D eigenvalue weighted by molar-refractivity contribution is 0.134. The predicted octanol–water partition coefficient (Wildman–Crippen LogP) is 2.45. The molecule has 0 spiro atoms. The molecule has 0 unspecified atom stereocenters. The van der Waals surface area contributed by atoms with Gasteiger partial charge in [-0.15, -0.1) is 0 Å². The highest BCUT2D eigenvalue weighted by atomic mass is 32.2. The molecule has 0 N–H and O–H groups in total. The van der Waals surface area contributed by atoms with Crippen molar-refractivity contribution in [2.45, 2.75) is 58.0 Å². The summed E-state index contributed by atoms with van der Waals surface area (Å²) in [6.07, 6.45) is 6.93. The molecule has 1 saturated heterocycles. The Morgan fingerprint density at radius 2 is 1.73 bits per heavy atom. The Morgan fingerprint density at radius 3 is 2.35 bits per heavy atom. The van der Waals surface area contributed by atoms with Crippen LogP contribution in [0.2, 0.25) is 0 Å². The van der Waals surface area contributed by atoms with E-state index in [1.165, 1.54) is 12.5 Å². The number of hydrogen-bond acceptors (Lipinski definition) is 4. The topological polar surface area (TPSA) is 68.6 Å². The van der Waals surface area contributed by atoms with E-state index in [1.54, 1.807) is 15.9 Å². The molecule has 7 heteroatoms. The third-order valence-corrected chi connectivity index (χ3v) is 7.79. The Morgan fingerprint density at radius 1 is 1.08 bits per heavy atom. The van der Waals surface area contributed by atoms with E-state index in [0.717, 1.165) is 31.4 Å². The first-order chi connectivity index (χ1) is 12.3. The van der Waals surface area contributed by atoms with Gasteiger partial charge in [-0.25, -0.2) is 12.7 Å². The number of hydrogen-bond donors (Lipinski definition) is 0. The molecular formula is C19H30N2O4S. The van der Waals surface area contributed by atoms with Gasteiger partial charge in [-0.1, -0.05) is 19.3 Å². The maximum atomic E-state index is 12.7. The van der Waals surface area contributed by atoms with E-state index in [2.05, 4.69) is 0 Å². The number of piperidine rings is 1. The van der Waals surface area contributed by atoms with Crippen molar-refractivity contribution >= 4 is 10.0 Å². The summed E-state index contributed by atoms with van der Waals surface area (Å²) in [5.74, 6) is 1.20. The maximum Gasteiger partial charge on any atom is 0.254 e. The molecule has 0 atom stereocenters. The van der Waals surface area contributed by atoms with Crippen LogP contribution in [0.3, 0.4) is 0 Å². The Bertz CT molecular complexity index is 773. The van der Waals surface area contributed by atoms with Gasteiger partial charge >= 0.3 is 0 Å². The van der Waals surface area contributed by atoms with E-state index >= 15 is 0 Å². The Kier molecular flexibility index (Phi) is 6.07. The third-order valence-electron chi connectivity index (χ3n) is 5.74. The lowest BCUT2D eigenvalue weighted by Gasteiger charge is -2.33. The van der Waals surface area contributed by atoms with Crippen molar-refractivity contribution in [1.82, 2.24) is 8.87 Å². The van der Waals surface area contributed by atoms with Crippen LogP contribution in [0.4, 0.5) is 0 Å². The Hall–Kier alpha value is -1.34. The number of aryl methyl sites for hydroxylation is 1. The zero-order valence-electron chi connectivity index (χ0n) is 15.8. The van der Waals surface area contributed by atoms with Crippen LogP contribution in [-0.4, -0.2) is 42.2 Å². The molecule has 0 radical (unpaired) electrons. The van der Waals surface area contributed by atoms with Crippen molar-refractivity contribution in [2.75, 3.05) is 18.8 Å². The van der Waals surface area contributed by atoms with E-state index in [-0.39, 0.29) is 11.7 Å². The number of ether oxygens (including phenoxy) is 1. The normalized spacial score (nSPS) is 21.0. The lowest BCUT2D eigenvalue weighted by atomic mass is 9.91. The zero-order chi connectivity index (χ0) is 18.7. The molecule has 0 bridgehead atoms.